The number of nitrogens with zero attached hydrogens (tertiary/aromatic N) is 3. The quantitative estimate of drug-likeness (QED) is 0.728. The minimum atomic E-state index is -0.0186. The number of amides is 2. The summed E-state index contributed by atoms with van der Waals surface area (Å²) in [6, 6.07) is 7.07. The van der Waals surface area contributed by atoms with Crippen LogP contribution < -0.4 is 4.74 Å². The molecule has 7 heteroatoms. The molecule has 0 spiro atoms. The number of hydrogen-bond acceptors (Lipinski definition) is 4. The number of hydrogen-bond donors (Lipinski definition) is 0. The zero-order valence-corrected chi connectivity index (χ0v) is 16.9. The highest BCUT2D eigenvalue weighted by Crippen LogP contribution is 2.31. The van der Waals surface area contributed by atoms with E-state index >= 15 is 0 Å². The molecule has 0 aromatic heterocycles. The fourth-order valence-electron chi connectivity index (χ4n) is 4.15. The van der Waals surface area contributed by atoms with Crippen LogP contribution in [0.2, 0.25) is 5.02 Å². The van der Waals surface area contributed by atoms with E-state index in [2.05, 4.69) is 9.80 Å². The van der Waals surface area contributed by atoms with Crippen LogP contribution in [0, 0.1) is 5.92 Å². The van der Waals surface area contributed by atoms with E-state index in [1.807, 2.05) is 4.90 Å². The highest BCUT2D eigenvalue weighted by molar-refractivity contribution is 6.30. The lowest BCUT2D eigenvalue weighted by molar-refractivity contribution is -0.133. The number of benzene rings is 1. The summed E-state index contributed by atoms with van der Waals surface area (Å²) >= 11 is 5.95. The molecule has 2 saturated heterocycles. The van der Waals surface area contributed by atoms with Gasteiger partial charge < -0.3 is 14.5 Å². The van der Waals surface area contributed by atoms with Crippen LogP contribution in [-0.4, -0.2) is 78.4 Å². The van der Waals surface area contributed by atoms with Gasteiger partial charge in [-0.25, -0.2) is 0 Å². The fraction of sp³-hybridized carbons (Fsp3) is 0.619. The van der Waals surface area contributed by atoms with E-state index in [1.165, 1.54) is 12.8 Å². The molecule has 1 aliphatic carbocycles. The summed E-state index contributed by atoms with van der Waals surface area (Å²) in [6.07, 6.45) is 4.34. The minimum Gasteiger partial charge on any atom is -0.484 e. The average molecular weight is 406 g/mol. The van der Waals surface area contributed by atoms with Gasteiger partial charge in [-0.1, -0.05) is 17.7 Å². The molecule has 1 aromatic carbocycles. The highest BCUT2D eigenvalue weighted by atomic mass is 35.5. The lowest BCUT2D eigenvalue weighted by Gasteiger charge is -2.26. The maximum atomic E-state index is 12.8. The van der Waals surface area contributed by atoms with Gasteiger partial charge in [0.2, 0.25) is 5.91 Å². The molecule has 0 radical (unpaired) electrons. The first kappa shape index (κ1) is 19.5. The molecular formula is C21H28ClN3O3. The van der Waals surface area contributed by atoms with E-state index in [0.717, 1.165) is 44.9 Å². The summed E-state index contributed by atoms with van der Waals surface area (Å²) in [5, 5.41) is 0.590. The first-order valence-corrected chi connectivity index (χ1v) is 10.7. The molecule has 0 bridgehead atoms. The van der Waals surface area contributed by atoms with Crippen LogP contribution in [0.25, 0.3) is 0 Å². The summed E-state index contributed by atoms with van der Waals surface area (Å²) in [7, 11) is 0. The molecule has 28 heavy (non-hydrogen) atoms. The maximum absolute atomic E-state index is 12.8. The van der Waals surface area contributed by atoms with E-state index in [-0.39, 0.29) is 24.5 Å². The third-order valence-corrected chi connectivity index (χ3v) is 6.16. The van der Waals surface area contributed by atoms with Gasteiger partial charge in [0.15, 0.2) is 6.61 Å². The number of carbonyl (C=O) groups excluding carboxylic acids is 2. The number of ether oxygens (including phenoxy) is 1. The Balaban J connectivity index is 1.26. The molecule has 3 fully saturated rings. The third kappa shape index (κ3) is 4.78. The molecule has 4 rings (SSSR count). The van der Waals surface area contributed by atoms with Gasteiger partial charge in [0, 0.05) is 44.3 Å². The Morgan fingerprint density at radius 3 is 2.75 bits per heavy atom. The van der Waals surface area contributed by atoms with Gasteiger partial charge in [-0.2, -0.15) is 0 Å². The third-order valence-electron chi connectivity index (χ3n) is 5.93. The van der Waals surface area contributed by atoms with Crippen LogP contribution in [-0.2, 0) is 9.59 Å². The van der Waals surface area contributed by atoms with Crippen molar-refractivity contribution in [1.82, 2.24) is 14.7 Å². The fourth-order valence-corrected chi connectivity index (χ4v) is 4.33. The summed E-state index contributed by atoms with van der Waals surface area (Å²) in [6.45, 7) is 4.80. The highest BCUT2D eigenvalue weighted by Gasteiger charge is 2.38. The van der Waals surface area contributed by atoms with Crippen LogP contribution >= 0.6 is 11.6 Å². The van der Waals surface area contributed by atoms with Gasteiger partial charge in [0.1, 0.15) is 5.75 Å². The lowest BCUT2D eigenvalue weighted by Crippen LogP contribution is -2.44. The molecule has 6 nitrogen and oxygen atoms in total. The van der Waals surface area contributed by atoms with Crippen molar-refractivity contribution in [2.45, 2.75) is 31.7 Å². The number of rotatable bonds is 6. The molecule has 2 aliphatic heterocycles. The summed E-state index contributed by atoms with van der Waals surface area (Å²) in [4.78, 5) is 31.5. The van der Waals surface area contributed by atoms with Gasteiger partial charge in [-0.15, -0.1) is 0 Å². The molecule has 0 unspecified atom stereocenters. The maximum Gasteiger partial charge on any atom is 0.260 e. The molecular weight excluding hydrogens is 378 g/mol. The molecule has 3 aliphatic rings. The second-order valence-electron chi connectivity index (χ2n) is 8.05. The van der Waals surface area contributed by atoms with E-state index < -0.39 is 0 Å². The average Bonchev–Trinajstić information content (AvgIpc) is 3.47. The van der Waals surface area contributed by atoms with E-state index in [0.29, 0.717) is 23.9 Å². The molecule has 1 aromatic rings. The van der Waals surface area contributed by atoms with Crippen molar-refractivity contribution in [3.05, 3.63) is 29.3 Å². The Kier molecular flexibility index (Phi) is 6.07. The van der Waals surface area contributed by atoms with Crippen LogP contribution in [0.15, 0.2) is 24.3 Å². The Morgan fingerprint density at radius 2 is 1.96 bits per heavy atom. The summed E-state index contributed by atoms with van der Waals surface area (Å²) in [5.74, 6) is 1.61. The standard InChI is InChI=1S/C21H28ClN3O3/c22-17-3-1-4-18(13-17)28-15-20(26)24-9-2-8-23(11-12-24)19-7-10-25(21(19)27)14-16-5-6-16/h1,3-4,13,16,19H,2,5-12,14-15H2/t19-/m1/s1. The van der Waals surface area contributed by atoms with Gasteiger partial charge in [0.05, 0.1) is 6.04 Å². The molecule has 1 saturated carbocycles. The predicted octanol–water partition coefficient (Wildman–Crippen LogP) is 2.26. The SMILES string of the molecule is O=C(COc1cccc(Cl)c1)N1CCCN([C@@H]2CCN(CC3CC3)C2=O)CC1. The first-order chi connectivity index (χ1) is 13.6. The Hall–Kier alpha value is -1.79. The Morgan fingerprint density at radius 1 is 1.11 bits per heavy atom. The van der Waals surface area contributed by atoms with Crippen molar-refractivity contribution < 1.29 is 14.3 Å². The minimum absolute atomic E-state index is 0.00323. The topological polar surface area (TPSA) is 53.1 Å². The van der Waals surface area contributed by atoms with E-state index in [1.54, 1.807) is 24.3 Å². The number of carbonyl (C=O) groups is 2. The van der Waals surface area contributed by atoms with Crippen molar-refractivity contribution in [3.63, 3.8) is 0 Å². The van der Waals surface area contributed by atoms with E-state index in [9.17, 15) is 9.59 Å². The molecule has 0 N–H and O–H groups in total. The lowest BCUT2D eigenvalue weighted by atomic mass is 10.2. The van der Waals surface area contributed by atoms with Gasteiger partial charge >= 0.3 is 0 Å². The number of likely N-dealkylation sites (tertiary alicyclic amines) is 1. The second-order valence-corrected chi connectivity index (χ2v) is 8.48. The van der Waals surface area contributed by atoms with Gasteiger partial charge in [0.25, 0.3) is 5.91 Å². The first-order valence-electron chi connectivity index (χ1n) is 10.3. The van der Waals surface area contributed by atoms with Crippen molar-refractivity contribution in [2.24, 2.45) is 5.92 Å². The number of halogens is 1. The van der Waals surface area contributed by atoms with Crippen molar-refractivity contribution in [3.8, 4) is 5.75 Å². The van der Waals surface area contributed by atoms with Crippen molar-refractivity contribution >= 4 is 23.4 Å². The molecule has 152 valence electrons. The molecule has 1 atom stereocenters. The zero-order valence-electron chi connectivity index (χ0n) is 16.2. The largest absolute Gasteiger partial charge is 0.484 e. The van der Waals surface area contributed by atoms with E-state index in [4.69, 9.17) is 16.3 Å². The van der Waals surface area contributed by atoms with Gasteiger partial charge in [-0.05, 0) is 49.8 Å². The van der Waals surface area contributed by atoms with Crippen LogP contribution in [0.5, 0.6) is 5.75 Å². The zero-order chi connectivity index (χ0) is 19.5. The summed E-state index contributed by atoms with van der Waals surface area (Å²) in [5.41, 5.74) is 0. The molecule has 2 heterocycles. The Bertz CT molecular complexity index is 725. The molecule has 2 amide bonds. The van der Waals surface area contributed by atoms with Crippen LogP contribution in [0.4, 0.5) is 0 Å². The van der Waals surface area contributed by atoms with Crippen molar-refractivity contribution in [1.29, 1.82) is 0 Å². The smallest absolute Gasteiger partial charge is 0.260 e. The predicted molar refractivity (Wildman–Crippen MR) is 107 cm³/mol. The summed E-state index contributed by atoms with van der Waals surface area (Å²) < 4.78 is 5.59. The van der Waals surface area contributed by atoms with Gasteiger partial charge in [-0.3, -0.25) is 14.5 Å². The monoisotopic (exact) mass is 405 g/mol. The normalized spacial score (nSPS) is 23.8. The van der Waals surface area contributed by atoms with Crippen molar-refractivity contribution in [2.75, 3.05) is 45.9 Å². The Labute approximate surface area is 171 Å². The van der Waals surface area contributed by atoms with Crippen LogP contribution in [0.1, 0.15) is 25.7 Å². The second kappa shape index (κ2) is 8.70. The van der Waals surface area contributed by atoms with Crippen LogP contribution in [0.3, 0.4) is 0 Å².